The van der Waals surface area contributed by atoms with Gasteiger partial charge in [-0.05, 0) is 31.2 Å². The quantitative estimate of drug-likeness (QED) is 0.727. The molecule has 1 unspecified atom stereocenters. The fourth-order valence-corrected chi connectivity index (χ4v) is 2.98. The van der Waals surface area contributed by atoms with Gasteiger partial charge in [-0.2, -0.15) is 4.98 Å². The summed E-state index contributed by atoms with van der Waals surface area (Å²) in [6.45, 7) is 1.99. The number of hydrogen-bond acceptors (Lipinski definition) is 4. The number of rotatable bonds is 3. The van der Waals surface area contributed by atoms with E-state index >= 15 is 0 Å². The van der Waals surface area contributed by atoms with Gasteiger partial charge in [0.05, 0.1) is 6.42 Å². The van der Waals surface area contributed by atoms with Crippen LogP contribution in [0.25, 0.3) is 11.4 Å². The lowest BCUT2D eigenvalue weighted by atomic mass is 10.1. The van der Waals surface area contributed by atoms with Crippen LogP contribution < -0.4 is 10.6 Å². The number of hydrogen-bond donors (Lipinski definition) is 2. The molecule has 8 heteroatoms. The van der Waals surface area contributed by atoms with Crippen LogP contribution in [0.1, 0.15) is 18.0 Å². The van der Waals surface area contributed by atoms with Gasteiger partial charge in [0.25, 0.3) is 0 Å². The van der Waals surface area contributed by atoms with Gasteiger partial charge in [-0.25, -0.2) is 4.68 Å². The Labute approximate surface area is 160 Å². The van der Waals surface area contributed by atoms with E-state index in [1.54, 1.807) is 24.3 Å². The Bertz CT molecular complexity index is 1010. The molecule has 1 aliphatic rings. The molecule has 3 aromatic rings. The number of amides is 2. The molecule has 0 aliphatic carbocycles. The standard InChI is InChI=1S/C19H16ClN5O2/c1-11-2-4-12(5-3-11)17-23-19-22-16(26)10-15(25(19)24-17)18(27)21-14-8-6-13(20)7-9-14/h2-9,15H,10H2,1H3,(H,21,27)(H,22,23,24,26). The molecule has 0 fully saturated rings. The van der Waals surface area contributed by atoms with E-state index in [4.69, 9.17) is 11.6 Å². The van der Waals surface area contributed by atoms with Gasteiger partial charge in [0.2, 0.25) is 17.8 Å². The summed E-state index contributed by atoms with van der Waals surface area (Å²) >= 11 is 5.87. The number of fused-ring (bicyclic) bond motifs is 1. The molecule has 2 heterocycles. The van der Waals surface area contributed by atoms with E-state index in [1.165, 1.54) is 4.68 Å². The van der Waals surface area contributed by atoms with Crippen LogP contribution in [0.15, 0.2) is 48.5 Å². The molecule has 0 saturated carbocycles. The molecule has 7 nitrogen and oxygen atoms in total. The van der Waals surface area contributed by atoms with Gasteiger partial charge in [-0.15, -0.1) is 5.10 Å². The van der Waals surface area contributed by atoms with Crippen molar-refractivity contribution in [2.24, 2.45) is 0 Å². The fraction of sp³-hybridized carbons (Fsp3) is 0.158. The topological polar surface area (TPSA) is 88.9 Å². The summed E-state index contributed by atoms with van der Waals surface area (Å²) in [5.41, 5.74) is 2.53. The van der Waals surface area contributed by atoms with Gasteiger partial charge in [0, 0.05) is 16.3 Å². The third-order valence-corrected chi connectivity index (χ3v) is 4.53. The van der Waals surface area contributed by atoms with Crippen LogP contribution in [-0.2, 0) is 9.59 Å². The van der Waals surface area contributed by atoms with E-state index < -0.39 is 6.04 Å². The lowest BCUT2D eigenvalue weighted by Gasteiger charge is -2.22. The second-order valence-corrected chi connectivity index (χ2v) is 6.77. The predicted octanol–water partition coefficient (Wildman–Crippen LogP) is 3.43. The predicted molar refractivity (Wildman–Crippen MR) is 103 cm³/mol. The maximum absolute atomic E-state index is 12.7. The van der Waals surface area contributed by atoms with E-state index in [2.05, 4.69) is 20.7 Å². The molecule has 0 spiro atoms. The van der Waals surface area contributed by atoms with Crippen molar-refractivity contribution in [2.75, 3.05) is 10.6 Å². The molecule has 0 radical (unpaired) electrons. The molecule has 2 N–H and O–H groups in total. The highest BCUT2D eigenvalue weighted by Crippen LogP contribution is 2.27. The van der Waals surface area contributed by atoms with Crippen molar-refractivity contribution in [3.8, 4) is 11.4 Å². The maximum atomic E-state index is 12.7. The molecular formula is C19H16ClN5O2. The largest absolute Gasteiger partial charge is 0.324 e. The first-order chi connectivity index (χ1) is 13.0. The number of anilines is 2. The summed E-state index contributed by atoms with van der Waals surface area (Å²) in [5.74, 6) is 0.102. The minimum atomic E-state index is -0.781. The third kappa shape index (κ3) is 3.54. The van der Waals surface area contributed by atoms with Gasteiger partial charge >= 0.3 is 0 Å². The Kier molecular flexibility index (Phi) is 4.37. The van der Waals surface area contributed by atoms with Gasteiger partial charge in [0.15, 0.2) is 5.82 Å². The normalized spacial score (nSPS) is 15.8. The summed E-state index contributed by atoms with van der Waals surface area (Å²) in [6.07, 6.45) is -0.0108. The van der Waals surface area contributed by atoms with Crippen LogP contribution in [0, 0.1) is 6.92 Å². The Balaban J connectivity index is 1.63. The third-order valence-electron chi connectivity index (χ3n) is 4.28. The Morgan fingerprint density at radius 2 is 1.89 bits per heavy atom. The summed E-state index contributed by atoms with van der Waals surface area (Å²) in [7, 11) is 0. The molecule has 136 valence electrons. The van der Waals surface area contributed by atoms with Crippen molar-refractivity contribution < 1.29 is 9.59 Å². The van der Waals surface area contributed by atoms with Crippen LogP contribution in [0.2, 0.25) is 5.02 Å². The zero-order valence-corrected chi connectivity index (χ0v) is 15.2. The zero-order valence-electron chi connectivity index (χ0n) is 14.4. The molecule has 1 atom stereocenters. The summed E-state index contributed by atoms with van der Waals surface area (Å²) in [6, 6.07) is 13.7. The fourth-order valence-electron chi connectivity index (χ4n) is 2.85. The highest BCUT2D eigenvalue weighted by Gasteiger charge is 2.33. The number of benzene rings is 2. The van der Waals surface area contributed by atoms with E-state index in [0.717, 1.165) is 11.1 Å². The molecule has 2 amide bonds. The van der Waals surface area contributed by atoms with Crippen molar-refractivity contribution in [3.63, 3.8) is 0 Å². The number of carbonyl (C=O) groups is 2. The van der Waals surface area contributed by atoms with Crippen LogP contribution in [0.3, 0.4) is 0 Å². The lowest BCUT2D eigenvalue weighted by molar-refractivity contribution is -0.125. The minimum Gasteiger partial charge on any atom is -0.324 e. The molecule has 0 saturated heterocycles. The monoisotopic (exact) mass is 381 g/mol. The number of aryl methyl sites for hydroxylation is 1. The van der Waals surface area contributed by atoms with Gasteiger partial charge in [0.1, 0.15) is 6.04 Å². The Morgan fingerprint density at radius 1 is 1.19 bits per heavy atom. The first-order valence-electron chi connectivity index (χ1n) is 8.39. The number of nitrogens with one attached hydrogen (secondary N) is 2. The van der Waals surface area contributed by atoms with Crippen LogP contribution in [-0.4, -0.2) is 26.6 Å². The smallest absolute Gasteiger partial charge is 0.249 e. The van der Waals surface area contributed by atoms with Crippen molar-refractivity contribution in [3.05, 3.63) is 59.1 Å². The first-order valence-corrected chi connectivity index (χ1v) is 8.77. The van der Waals surface area contributed by atoms with Crippen molar-refractivity contribution in [2.45, 2.75) is 19.4 Å². The molecular weight excluding hydrogens is 366 g/mol. The molecule has 0 bridgehead atoms. The number of halogens is 1. The Morgan fingerprint density at radius 3 is 2.59 bits per heavy atom. The second-order valence-electron chi connectivity index (χ2n) is 6.33. The second kappa shape index (κ2) is 6.85. The van der Waals surface area contributed by atoms with Crippen LogP contribution >= 0.6 is 11.6 Å². The summed E-state index contributed by atoms with van der Waals surface area (Å²) in [4.78, 5) is 29.2. The maximum Gasteiger partial charge on any atom is 0.249 e. The van der Waals surface area contributed by atoms with E-state index in [9.17, 15) is 9.59 Å². The lowest BCUT2D eigenvalue weighted by Crippen LogP contribution is -2.36. The van der Waals surface area contributed by atoms with Gasteiger partial charge < -0.3 is 5.32 Å². The summed E-state index contributed by atoms with van der Waals surface area (Å²) < 4.78 is 1.46. The van der Waals surface area contributed by atoms with Crippen molar-refractivity contribution in [1.29, 1.82) is 0 Å². The van der Waals surface area contributed by atoms with Crippen LogP contribution in [0.4, 0.5) is 11.6 Å². The molecule has 1 aliphatic heterocycles. The van der Waals surface area contributed by atoms with E-state index in [-0.39, 0.29) is 24.2 Å². The average molecular weight is 382 g/mol. The van der Waals surface area contributed by atoms with Crippen molar-refractivity contribution >= 4 is 35.1 Å². The Hall–Kier alpha value is -3.19. The SMILES string of the molecule is Cc1ccc(-c2nc3n(n2)C(C(=O)Nc2ccc(Cl)cc2)CC(=O)N3)cc1. The highest BCUT2D eigenvalue weighted by molar-refractivity contribution is 6.30. The number of carbonyl (C=O) groups excluding carboxylic acids is 2. The molecule has 2 aromatic carbocycles. The molecule has 4 rings (SSSR count). The zero-order chi connectivity index (χ0) is 19.0. The number of aromatic nitrogens is 3. The molecule has 27 heavy (non-hydrogen) atoms. The first kappa shape index (κ1) is 17.2. The average Bonchev–Trinajstić information content (AvgIpc) is 3.07. The minimum absolute atomic E-state index is 0.0108. The van der Waals surface area contributed by atoms with Gasteiger partial charge in [-0.1, -0.05) is 41.4 Å². The summed E-state index contributed by atoms with van der Waals surface area (Å²) in [5, 5.41) is 10.5. The number of nitrogens with zero attached hydrogens (tertiary/aromatic N) is 3. The van der Waals surface area contributed by atoms with Crippen LogP contribution in [0.5, 0.6) is 0 Å². The van der Waals surface area contributed by atoms with E-state index in [0.29, 0.717) is 16.5 Å². The van der Waals surface area contributed by atoms with Crippen molar-refractivity contribution in [1.82, 2.24) is 14.8 Å². The van der Waals surface area contributed by atoms with E-state index in [1.807, 2.05) is 31.2 Å². The molecule has 1 aromatic heterocycles. The van der Waals surface area contributed by atoms with Gasteiger partial charge in [-0.3, -0.25) is 14.9 Å². The highest BCUT2D eigenvalue weighted by atomic mass is 35.5.